The van der Waals surface area contributed by atoms with Gasteiger partial charge in [0.25, 0.3) is 0 Å². The molecule has 0 rings (SSSR count). The van der Waals surface area contributed by atoms with E-state index in [-0.39, 0.29) is 0 Å². The summed E-state index contributed by atoms with van der Waals surface area (Å²) in [6, 6.07) is 0. The van der Waals surface area contributed by atoms with E-state index in [1.165, 1.54) is 0 Å². The van der Waals surface area contributed by atoms with Crippen molar-refractivity contribution in [3.63, 3.8) is 0 Å². The molecule has 0 aliphatic heterocycles. The summed E-state index contributed by atoms with van der Waals surface area (Å²) >= 11 is 5.32. The number of halogens is 4. The zero-order chi connectivity index (χ0) is 7.15. The second-order valence-electron chi connectivity index (χ2n) is 0.369. The highest BCUT2D eigenvalue weighted by Gasteiger charge is 1.68. The van der Waals surface area contributed by atoms with Gasteiger partial charge in [-0.15, -0.1) is 0 Å². The van der Waals surface area contributed by atoms with Gasteiger partial charge in [-0.1, -0.05) is 0 Å². The van der Waals surface area contributed by atoms with Crippen molar-refractivity contribution < 1.29 is 8.42 Å². The van der Waals surface area contributed by atoms with Gasteiger partial charge in [0.05, 0.1) is 0 Å². The maximum atomic E-state index is 9.39. The van der Waals surface area contributed by atoms with Gasteiger partial charge in [0.1, 0.15) is 0 Å². The molecule has 8 heavy (non-hydrogen) atoms. The normalized spacial score (nSPS) is 8.75. The molecule has 0 aliphatic carbocycles. The largest absolute Gasteiger partial charge is 0.235 e. The van der Waals surface area contributed by atoms with Crippen LogP contribution in [0.5, 0.6) is 0 Å². The molecule has 0 heterocycles. The van der Waals surface area contributed by atoms with Gasteiger partial charge >= 0.3 is 0 Å². The third-order valence-corrected chi connectivity index (χ3v) is 0. The lowest BCUT2D eigenvalue weighted by Gasteiger charge is -1.52. The Morgan fingerprint density at radius 3 is 1.12 bits per heavy atom. The molecule has 0 aromatic rings. The van der Waals surface area contributed by atoms with Crippen LogP contribution in [0.2, 0.25) is 0 Å². The van der Waals surface area contributed by atoms with Gasteiger partial charge in [-0.3, -0.25) is 0 Å². The lowest BCUT2D eigenvalue weighted by molar-refractivity contribution is 0.698. The van der Waals surface area contributed by atoms with E-state index in [2.05, 4.69) is 51.0 Å². The first-order valence-corrected chi connectivity index (χ1v) is 8.59. The quantitative estimate of drug-likeness (QED) is 0.641. The van der Waals surface area contributed by atoms with Crippen molar-refractivity contribution in [1.29, 1.82) is 0 Å². The van der Waals surface area contributed by atoms with Crippen LogP contribution in [-0.2, 0) is 16.9 Å². The topological polar surface area (TPSA) is 34.1 Å². The van der Waals surface area contributed by atoms with Gasteiger partial charge in [-0.2, -0.15) is 0 Å². The van der Waals surface area contributed by atoms with E-state index in [9.17, 15) is 4.21 Å². The van der Waals surface area contributed by atoms with E-state index in [4.69, 9.17) is 4.21 Å². The molecule has 0 bridgehead atoms. The molecule has 0 unspecified atom stereocenters. The van der Waals surface area contributed by atoms with Crippen molar-refractivity contribution >= 4 is 67.9 Å². The van der Waals surface area contributed by atoms with Crippen molar-refractivity contribution in [3.05, 3.63) is 0 Å². The maximum absolute atomic E-state index is 9.39. The molecule has 0 saturated heterocycles. The highest BCUT2D eigenvalue weighted by molar-refractivity contribution is 9.78. The maximum Gasteiger partial charge on any atom is 0.211 e. The van der Waals surface area contributed by atoms with Crippen molar-refractivity contribution in [2.75, 3.05) is 0 Å². The van der Waals surface area contributed by atoms with Crippen LogP contribution in [-0.4, -0.2) is 8.42 Å². The van der Waals surface area contributed by atoms with Crippen LogP contribution >= 0.6 is 51.0 Å². The van der Waals surface area contributed by atoms with E-state index in [0.29, 0.717) is 0 Å². The molecule has 0 saturated carbocycles. The first kappa shape index (κ1) is 12.5. The second kappa shape index (κ2) is 8.84. The molecule has 0 amide bonds. The zero-order valence-electron chi connectivity index (χ0n) is 3.14. The monoisotopic (exact) mass is 324 g/mol. The van der Waals surface area contributed by atoms with Crippen molar-refractivity contribution in [2.45, 2.75) is 0 Å². The van der Waals surface area contributed by atoms with Crippen molar-refractivity contribution in [3.8, 4) is 0 Å². The van der Waals surface area contributed by atoms with Crippen LogP contribution in [0.15, 0.2) is 0 Å². The van der Waals surface area contributed by atoms with Crippen molar-refractivity contribution in [2.24, 2.45) is 0 Å². The minimum absolute atomic E-state index is 0.986. The molecular weight excluding hydrogens is 327 g/mol. The van der Waals surface area contributed by atoms with Crippen LogP contribution in [0.25, 0.3) is 0 Å². The van der Waals surface area contributed by atoms with E-state index in [1.807, 2.05) is 0 Å². The third-order valence-electron chi connectivity index (χ3n) is 0. The first-order valence-electron chi connectivity index (χ1n) is 0.951. The van der Waals surface area contributed by atoms with Crippen LogP contribution in [0.3, 0.4) is 0 Å². The van der Waals surface area contributed by atoms with E-state index >= 15 is 0 Å². The molecule has 0 fully saturated rings. The molecule has 0 radical (unpaired) electrons. The Bertz CT molecular complexity index is 74.0. The summed E-state index contributed by atoms with van der Waals surface area (Å²) in [6.45, 7) is 0. The average Bonchev–Trinajstić information content (AvgIpc) is 1.25. The van der Waals surface area contributed by atoms with Gasteiger partial charge < -0.3 is 0 Å². The Balaban J connectivity index is 0. The molecular formula is Br2Cl2O2S2. The molecule has 0 N–H and O–H groups in total. The number of hydrogen-bond donors (Lipinski definition) is 0. The van der Waals surface area contributed by atoms with Crippen LogP contribution in [0.1, 0.15) is 0 Å². The van der Waals surface area contributed by atoms with E-state index < -0.39 is 16.9 Å². The van der Waals surface area contributed by atoms with E-state index in [1.54, 1.807) is 0 Å². The van der Waals surface area contributed by atoms with Gasteiger partial charge in [0.2, 0.25) is 9.23 Å². The van der Waals surface area contributed by atoms with Crippen LogP contribution in [0, 0.1) is 0 Å². The SMILES string of the molecule is O=S(Br)Br.O=S(Cl)Cl. The summed E-state index contributed by atoms with van der Waals surface area (Å²) in [5, 5.41) is 0. The molecule has 52 valence electrons. The average molecular weight is 327 g/mol. The van der Waals surface area contributed by atoms with Gasteiger partial charge in [-0.05, 0) is 0 Å². The molecule has 0 aromatic carbocycles. The van der Waals surface area contributed by atoms with Gasteiger partial charge in [0, 0.05) is 51.0 Å². The molecule has 8 heteroatoms. The molecule has 0 spiro atoms. The summed E-state index contributed by atoms with van der Waals surface area (Å²) in [5.41, 5.74) is 0. The molecule has 0 atom stereocenters. The lowest BCUT2D eigenvalue weighted by Crippen LogP contribution is -1.41. The zero-order valence-corrected chi connectivity index (χ0v) is 9.46. The first-order chi connectivity index (χ1) is 3.46. The summed E-state index contributed by atoms with van der Waals surface area (Å²) in [7, 11) is 6.37. The minimum atomic E-state index is -1.67. The Morgan fingerprint density at radius 1 is 1.12 bits per heavy atom. The Kier molecular flexibility index (Phi) is 13.8. The molecule has 0 aliphatic rings. The lowest BCUT2D eigenvalue weighted by atomic mass is 16.0. The molecule has 0 aromatic heterocycles. The predicted molar refractivity (Wildman–Crippen MR) is 45.8 cm³/mol. The van der Waals surface area contributed by atoms with Crippen LogP contribution in [0.4, 0.5) is 0 Å². The van der Waals surface area contributed by atoms with E-state index in [0.717, 1.165) is 0 Å². The highest BCUT2D eigenvalue weighted by Crippen LogP contribution is 1.98. The molecule has 2 nitrogen and oxygen atoms in total. The fraction of sp³-hybridized carbons (Fsp3) is 0. The fourth-order valence-electron chi connectivity index (χ4n) is 0. The summed E-state index contributed by atoms with van der Waals surface area (Å²) in [5.74, 6) is 0. The standard InChI is InChI=1S/Br2OS.Cl2OS/c2*1-4(2)3. The van der Waals surface area contributed by atoms with Gasteiger partial charge in [0.15, 0.2) is 7.67 Å². The van der Waals surface area contributed by atoms with Gasteiger partial charge in [-0.25, -0.2) is 8.42 Å². The predicted octanol–water partition coefficient (Wildman–Crippen LogP) is 2.40. The highest BCUT2D eigenvalue weighted by atomic mass is 79.9. The van der Waals surface area contributed by atoms with Crippen LogP contribution < -0.4 is 0 Å². The smallest absolute Gasteiger partial charge is 0.211 e. The minimum Gasteiger partial charge on any atom is -0.235 e. The Morgan fingerprint density at radius 2 is 1.12 bits per heavy atom. The third kappa shape index (κ3) is 108. The summed E-state index contributed by atoms with van der Waals surface area (Å²) in [4.78, 5) is 0. The number of rotatable bonds is 0. The van der Waals surface area contributed by atoms with Crippen molar-refractivity contribution in [1.82, 2.24) is 0 Å². The number of hydrogen-bond acceptors (Lipinski definition) is 2. The Labute approximate surface area is 75.6 Å². The second-order valence-corrected chi connectivity index (χ2v) is 9.40. The Hall–Kier alpha value is 1.84. The summed E-state index contributed by atoms with van der Waals surface area (Å²) in [6.07, 6.45) is 0. The summed E-state index contributed by atoms with van der Waals surface area (Å²) < 4.78 is 18.5. The fourth-order valence-corrected chi connectivity index (χ4v) is 0.